The highest BCUT2D eigenvalue weighted by atomic mass is 32.2. The largest absolute Gasteiger partial charge is 0.458 e. The topological polar surface area (TPSA) is 59.3 Å². The summed E-state index contributed by atoms with van der Waals surface area (Å²) in [4.78, 5) is 20.0. The van der Waals surface area contributed by atoms with Crippen LogP contribution in [0.3, 0.4) is 0 Å². The second-order valence-corrected chi connectivity index (χ2v) is 7.55. The first-order valence-corrected chi connectivity index (χ1v) is 9.68. The number of amides is 1. The normalized spacial score (nSPS) is 12.9. The van der Waals surface area contributed by atoms with Gasteiger partial charge in [0.2, 0.25) is 0 Å². The lowest BCUT2D eigenvalue weighted by Gasteiger charge is -2.19. The van der Waals surface area contributed by atoms with Crippen LogP contribution in [0.4, 0.5) is 40.9 Å². The Morgan fingerprint density at radius 3 is 2.22 bits per heavy atom. The predicted octanol–water partition coefficient (Wildman–Crippen LogP) is 5.77. The van der Waals surface area contributed by atoms with Gasteiger partial charge in [-0.2, -0.15) is 35.1 Å². The fourth-order valence-electron chi connectivity index (χ4n) is 2.61. The Morgan fingerprint density at radius 2 is 1.69 bits per heavy atom. The first-order valence-electron chi connectivity index (χ1n) is 8.70. The summed E-state index contributed by atoms with van der Waals surface area (Å²) in [7, 11) is 0. The molecule has 0 saturated carbocycles. The van der Waals surface area contributed by atoms with Crippen molar-refractivity contribution in [3.05, 3.63) is 53.5 Å². The Labute approximate surface area is 178 Å². The summed E-state index contributed by atoms with van der Waals surface area (Å²) in [5.41, 5.74) is -2.59. The number of aromatic nitrogens is 3. The maximum atomic E-state index is 13.3. The standard InChI is InChI=1S/C18H12F8N4OS/c1-2-32-15-13(29-12-6-4-10(8-30(12)15)17(21,22)23)14(31)28-11-5-3-9(7-27-11)16(19,20)18(24,25)26/h3-8H,2H2,1H3,(H,27,28,31). The molecule has 0 bridgehead atoms. The van der Waals surface area contributed by atoms with E-state index in [0.29, 0.717) is 11.8 Å². The Kier molecular flexibility index (Phi) is 6.10. The number of hydrogen-bond acceptors (Lipinski definition) is 4. The van der Waals surface area contributed by atoms with Gasteiger partial charge in [0.25, 0.3) is 5.91 Å². The molecule has 0 radical (unpaired) electrons. The molecule has 0 atom stereocenters. The van der Waals surface area contributed by atoms with E-state index in [0.717, 1.165) is 40.6 Å². The van der Waals surface area contributed by atoms with Gasteiger partial charge in [-0.15, -0.1) is 11.8 Å². The van der Waals surface area contributed by atoms with Crippen molar-refractivity contribution in [1.29, 1.82) is 0 Å². The summed E-state index contributed by atoms with van der Waals surface area (Å²) in [5.74, 6) is -6.03. The van der Waals surface area contributed by atoms with Crippen LogP contribution in [0.2, 0.25) is 0 Å². The minimum atomic E-state index is -5.82. The van der Waals surface area contributed by atoms with Crippen molar-refractivity contribution in [1.82, 2.24) is 14.4 Å². The maximum Gasteiger partial charge on any atom is 0.458 e. The average molecular weight is 484 g/mol. The third-order valence-corrected chi connectivity index (χ3v) is 5.07. The summed E-state index contributed by atoms with van der Waals surface area (Å²) in [6.45, 7) is 1.69. The van der Waals surface area contributed by atoms with Gasteiger partial charge in [-0.3, -0.25) is 9.20 Å². The van der Waals surface area contributed by atoms with Gasteiger partial charge in [0.1, 0.15) is 16.5 Å². The Morgan fingerprint density at radius 1 is 1.03 bits per heavy atom. The van der Waals surface area contributed by atoms with Crippen molar-refractivity contribution < 1.29 is 39.9 Å². The Bertz CT molecular complexity index is 1140. The van der Waals surface area contributed by atoms with Crippen LogP contribution < -0.4 is 5.32 Å². The molecular weight excluding hydrogens is 472 g/mol. The second kappa shape index (κ2) is 8.22. The fourth-order valence-corrected chi connectivity index (χ4v) is 3.44. The molecular formula is C18H12F8N4OS. The minimum absolute atomic E-state index is 0.0484. The van der Waals surface area contributed by atoms with E-state index in [2.05, 4.69) is 15.3 Å². The fraction of sp³-hybridized carbons (Fsp3) is 0.278. The number of nitrogens with one attached hydrogen (secondary N) is 1. The number of thioether (sulfide) groups is 1. The van der Waals surface area contributed by atoms with Crippen LogP contribution in [0, 0.1) is 0 Å². The zero-order valence-corrected chi connectivity index (χ0v) is 16.7. The highest BCUT2D eigenvalue weighted by Crippen LogP contribution is 2.43. The van der Waals surface area contributed by atoms with E-state index in [4.69, 9.17) is 0 Å². The zero-order chi connectivity index (χ0) is 23.9. The molecule has 3 aromatic heterocycles. The summed E-state index contributed by atoms with van der Waals surface area (Å²) in [5, 5.41) is 2.28. The van der Waals surface area contributed by atoms with E-state index >= 15 is 0 Å². The number of hydrogen-bond donors (Lipinski definition) is 1. The molecule has 0 saturated heterocycles. The van der Waals surface area contributed by atoms with Crippen molar-refractivity contribution in [2.45, 2.75) is 30.2 Å². The molecule has 5 nitrogen and oxygen atoms in total. The lowest BCUT2D eigenvalue weighted by Crippen LogP contribution is -2.33. The van der Waals surface area contributed by atoms with Crippen molar-refractivity contribution in [2.75, 3.05) is 11.1 Å². The molecule has 0 aliphatic carbocycles. The summed E-state index contributed by atoms with van der Waals surface area (Å²) < 4.78 is 104. The van der Waals surface area contributed by atoms with Gasteiger partial charge in [0.05, 0.1) is 5.56 Å². The van der Waals surface area contributed by atoms with Gasteiger partial charge in [0.15, 0.2) is 5.69 Å². The molecule has 0 unspecified atom stereocenters. The molecule has 172 valence electrons. The molecule has 14 heteroatoms. The minimum Gasteiger partial charge on any atom is -0.305 e. The Hall–Kier alpha value is -2.90. The van der Waals surface area contributed by atoms with Crippen LogP contribution in [0.15, 0.2) is 41.7 Å². The third kappa shape index (κ3) is 4.49. The van der Waals surface area contributed by atoms with Gasteiger partial charge >= 0.3 is 18.3 Å². The van der Waals surface area contributed by atoms with E-state index < -0.39 is 35.3 Å². The van der Waals surface area contributed by atoms with E-state index in [1.807, 2.05) is 0 Å². The Balaban J connectivity index is 1.92. The summed E-state index contributed by atoms with van der Waals surface area (Å²) in [6.07, 6.45) is -9.40. The zero-order valence-electron chi connectivity index (χ0n) is 15.9. The first-order chi connectivity index (χ1) is 14.8. The number of carbonyl (C=O) groups excluding carboxylic acids is 1. The molecule has 3 aromatic rings. The van der Waals surface area contributed by atoms with Crippen molar-refractivity contribution in [3.8, 4) is 0 Å². The molecule has 3 heterocycles. The lowest BCUT2D eigenvalue weighted by molar-refractivity contribution is -0.289. The van der Waals surface area contributed by atoms with E-state index in [1.54, 1.807) is 6.92 Å². The van der Waals surface area contributed by atoms with Crippen LogP contribution in [-0.4, -0.2) is 32.2 Å². The van der Waals surface area contributed by atoms with Gasteiger partial charge in [-0.1, -0.05) is 6.92 Å². The first kappa shape index (κ1) is 23.8. The number of carbonyl (C=O) groups is 1. The number of alkyl halides is 8. The molecule has 3 rings (SSSR count). The van der Waals surface area contributed by atoms with Crippen LogP contribution in [0.1, 0.15) is 28.5 Å². The molecule has 32 heavy (non-hydrogen) atoms. The van der Waals surface area contributed by atoms with Crippen molar-refractivity contribution >= 4 is 29.1 Å². The third-order valence-electron chi connectivity index (χ3n) is 4.12. The molecule has 1 amide bonds. The van der Waals surface area contributed by atoms with Crippen molar-refractivity contribution in [3.63, 3.8) is 0 Å². The number of imidazole rings is 1. The number of nitrogens with zero attached hydrogens (tertiary/aromatic N) is 3. The van der Waals surface area contributed by atoms with Crippen LogP contribution in [-0.2, 0) is 12.1 Å². The van der Waals surface area contributed by atoms with Gasteiger partial charge in [0, 0.05) is 18.0 Å². The highest BCUT2D eigenvalue weighted by Gasteiger charge is 2.58. The van der Waals surface area contributed by atoms with E-state index in [-0.39, 0.29) is 28.4 Å². The lowest BCUT2D eigenvalue weighted by atomic mass is 10.1. The maximum absolute atomic E-state index is 13.3. The van der Waals surface area contributed by atoms with Gasteiger partial charge < -0.3 is 5.32 Å². The average Bonchev–Trinajstić information content (AvgIpc) is 3.05. The van der Waals surface area contributed by atoms with Gasteiger partial charge in [-0.05, 0) is 30.0 Å². The number of anilines is 1. The molecule has 1 N–H and O–H groups in total. The molecule has 0 aliphatic heterocycles. The second-order valence-electron chi connectivity index (χ2n) is 6.30. The molecule has 0 aromatic carbocycles. The van der Waals surface area contributed by atoms with Crippen LogP contribution in [0.25, 0.3) is 5.65 Å². The molecule has 0 aliphatic rings. The van der Waals surface area contributed by atoms with Crippen LogP contribution in [0.5, 0.6) is 0 Å². The predicted molar refractivity (Wildman–Crippen MR) is 98.7 cm³/mol. The number of halogens is 8. The molecule has 0 fully saturated rings. The molecule has 0 spiro atoms. The monoisotopic (exact) mass is 484 g/mol. The SMILES string of the molecule is CCSc1c(C(=O)Nc2ccc(C(F)(F)C(F)(F)F)cn2)nc2ccc(C(F)(F)F)cn12. The highest BCUT2D eigenvalue weighted by molar-refractivity contribution is 7.99. The number of pyridine rings is 2. The van der Waals surface area contributed by atoms with Gasteiger partial charge in [-0.25, -0.2) is 9.97 Å². The summed E-state index contributed by atoms with van der Waals surface area (Å²) in [6, 6.07) is 3.07. The number of rotatable bonds is 5. The smallest absolute Gasteiger partial charge is 0.305 e. The van der Waals surface area contributed by atoms with Crippen LogP contribution >= 0.6 is 11.8 Å². The van der Waals surface area contributed by atoms with E-state index in [1.165, 1.54) is 0 Å². The summed E-state index contributed by atoms with van der Waals surface area (Å²) >= 11 is 1.03. The van der Waals surface area contributed by atoms with E-state index in [9.17, 15) is 39.9 Å². The van der Waals surface area contributed by atoms with Crippen molar-refractivity contribution in [2.24, 2.45) is 0 Å². The quantitative estimate of drug-likeness (QED) is 0.369. The number of fused-ring (bicyclic) bond motifs is 1.